The molecule has 2 nitrogen and oxygen atoms in total. The lowest BCUT2D eigenvalue weighted by atomic mass is 9.83. The van der Waals surface area contributed by atoms with Crippen molar-refractivity contribution in [2.75, 3.05) is 0 Å². The highest BCUT2D eigenvalue weighted by Crippen LogP contribution is 2.36. The summed E-state index contributed by atoms with van der Waals surface area (Å²) in [5.74, 6) is -0.294. The van der Waals surface area contributed by atoms with E-state index >= 15 is 0 Å². The molecule has 1 saturated carbocycles. The van der Waals surface area contributed by atoms with Crippen LogP contribution in [0.15, 0.2) is 24.3 Å². The molecule has 0 aliphatic heterocycles. The molecule has 0 unspecified atom stereocenters. The van der Waals surface area contributed by atoms with Gasteiger partial charge in [-0.05, 0) is 36.5 Å². The van der Waals surface area contributed by atoms with E-state index in [-0.39, 0.29) is 11.7 Å². The Labute approximate surface area is 120 Å². The summed E-state index contributed by atoms with van der Waals surface area (Å²) >= 11 is 0. The van der Waals surface area contributed by atoms with Gasteiger partial charge in [0.2, 0.25) is 0 Å². The summed E-state index contributed by atoms with van der Waals surface area (Å²) in [5, 5.41) is 10.3. The SMILES string of the molecule is O[C@@H](c1cccc(OC(F)(F)C(F)F)c1)C1CCCCC1. The lowest BCUT2D eigenvalue weighted by Crippen LogP contribution is -2.33. The molecule has 0 aromatic heterocycles. The number of ether oxygens (including phenoxy) is 1. The Hall–Kier alpha value is -1.30. The van der Waals surface area contributed by atoms with Crippen LogP contribution in [0.5, 0.6) is 5.75 Å². The van der Waals surface area contributed by atoms with Gasteiger partial charge in [0.1, 0.15) is 5.75 Å². The van der Waals surface area contributed by atoms with Gasteiger partial charge in [-0.1, -0.05) is 31.4 Å². The van der Waals surface area contributed by atoms with Crippen molar-refractivity contribution in [2.45, 2.75) is 50.7 Å². The highest BCUT2D eigenvalue weighted by atomic mass is 19.3. The molecule has 1 aliphatic rings. The van der Waals surface area contributed by atoms with Crippen LogP contribution in [0.1, 0.15) is 43.8 Å². The number of halogens is 4. The Morgan fingerprint density at radius 2 is 1.81 bits per heavy atom. The van der Waals surface area contributed by atoms with Crippen molar-refractivity contribution in [3.05, 3.63) is 29.8 Å². The zero-order valence-electron chi connectivity index (χ0n) is 11.4. The van der Waals surface area contributed by atoms with Gasteiger partial charge < -0.3 is 9.84 Å². The Kier molecular flexibility index (Phi) is 5.08. The maximum atomic E-state index is 12.9. The van der Waals surface area contributed by atoms with Gasteiger partial charge in [-0.2, -0.15) is 17.6 Å². The second-order valence-electron chi connectivity index (χ2n) is 5.38. The molecule has 0 amide bonds. The maximum absolute atomic E-state index is 12.9. The van der Waals surface area contributed by atoms with Gasteiger partial charge in [0.15, 0.2) is 0 Å². The highest BCUT2D eigenvalue weighted by Gasteiger charge is 2.44. The summed E-state index contributed by atoms with van der Waals surface area (Å²) in [4.78, 5) is 0. The first kappa shape index (κ1) is 16.1. The monoisotopic (exact) mass is 306 g/mol. The van der Waals surface area contributed by atoms with Gasteiger partial charge in [0.25, 0.3) is 0 Å². The van der Waals surface area contributed by atoms with Crippen molar-refractivity contribution < 1.29 is 27.4 Å². The van der Waals surface area contributed by atoms with Gasteiger partial charge >= 0.3 is 12.5 Å². The van der Waals surface area contributed by atoms with Gasteiger partial charge in [-0.15, -0.1) is 0 Å². The van der Waals surface area contributed by atoms with Crippen LogP contribution in [0.4, 0.5) is 17.6 Å². The van der Waals surface area contributed by atoms with E-state index in [1.165, 1.54) is 18.2 Å². The minimum atomic E-state index is -4.53. The lowest BCUT2D eigenvalue weighted by Gasteiger charge is -2.27. The number of benzene rings is 1. The quantitative estimate of drug-likeness (QED) is 0.809. The van der Waals surface area contributed by atoms with Gasteiger partial charge in [-0.25, -0.2) is 0 Å². The maximum Gasteiger partial charge on any atom is 0.461 e. The molecule has 1 N–H and O–H groups in total. The van der Waals surface area contributed by atoms with Crippen LogP contribution in [-0.2, 0) is 0 Å². The van der Waals surface area contributed by atoms with Crippen LogP contribution in [0.2, 0.25) is 0 Å². The van der Waals surface area contributed by atoms with Gasteiger partial charge in [-0.3, -0.25) is 0 Å². The minimum Gasteiger partial charge on any atom is -0.428 e. The van der Waals surface area contributed by atoms with Crippen molar-refractivity contribution in [2.24, 2.45) is 5.92 Å². The third-order valence-corrected chi connectivity index (χ3v) is 3.80. The van der Waals surface area contributed by atoms with Crippen LogP contribution in [0, 0.1) is 5.92 Å². The van der Waals surface area contributed by atoms with Crippen molar-refractivity contribution >= 4 is 0 Å². The molecule has 118 valence electrons. The second kappa shape index (κ2) is 6.64. The van der Waals surface area contributed by atoms with Crippen LogP contribution in [-0.4, -0.2) is 17.6 Å². The molecular weight excluding hydrogens is 288 g/mol. The molecule has 0 bridgehead atoms. The molecule has 0 radical (unpaired) electrons. The van der Waals surface area contributed by atoms with Crippen LogP contribution in [0.25, 0.3) is 0 Å². The summed E-state index contributed by atoms with van der Waals surface area (Å²) in [6.07, 6.45) is -4.28. The second-order valence-corrected chi connectivity index (χ2v) is 5.38. The third-order valence-electron chi connectivity index (χ3n) is 3.80. The van der Waals surface area contributed by atoms with E-state index in [4.69, 9.17) is 0 Å². The predicted molar refractivity (Wildman–Crippen MR) is 69.6 cm³/mol. The zero-order valence-corrected chi connectivity index (χ0v) is 11.4. The Balaban J connectivity index is 2.09. The molecule has 2 rings (SSSR count). The lowest BCUT2D eigenvalue weighted by molar-refractivity contribution is -0.253. The summed E-state index contributed by atoms with van der Waals surface area (Å²) in [7, 11) is 0. The molecule has 1 aliphatic carbocycles. The molecular formula is C15H18F4O2. The topological polar surface area (TPSA) is 29.5 Å². The van der Waals surface area contributed by atoms with E-state index in [0.717, 1.165) is 32.1 Å². The summed E-state index contributed by atoms with van der Waals surface area (Å²) in [6.45, 7) is 0. The zero-order chi connectivity index (χ0) is 15.5. The fraction of sp³-hybridized carbons (Fsp3) is 0.600. The average molecular weight is 306 g/mol. The molecule has 6 heteroatoms. The standard InChI is InChI=1S/C15H18F4O2/c16-14(17)15(18,19)21-12-8-4-7-11(9-12)13(20)10-5-2-1-3-6-10/h4,7-10,13-14,20H,1-3,5-6H2/t13-/m1/s1. The summed E-state index contributed by atoms with van der Waals surface area (Å²) in [6, 6.07) is 5.38. The molecule has 1 atom stereocenters. The number of alkyl halides is 4. The fourth-order valence-corrected chi connectivity index (χ4v) is 2.69. The van der Waals surface area contributed by atoms with E-state index in [1.807, 2.05) is 0 Å². The smallest absolute Gasteiger partial charge is 0.428 e. The molecule has 0 spiro atoms. The van der Waals surface area contributed by atoms with E-state index in [1.54, 1.807) is 6.07 Å². The summed E-state index contributed by atoms with van der Waals surface area (Å²) in [5.41, 5.74) is 0.421. The van der Waals surface area contributed by atoms with E-state index in [0.29, 0.717) is 5.56 Å². The minimum absolute atomic E-state index is 0.0737. The Bertz CT molecular complexity index is 459. The van der Waals surface area contributed by atoms with Gasteiger partial charge in [0, 0.05) is 0 Å². The van der Waals surface area contributed by atoms with Crippen molar-refractivity contribution in [3.63, 3.8) is 0 Å². The molecule has 21 heavy (non-hydrogen) atoms. The third kappa shape index (κ3) is 4.09. The highest BCUT2D eigenvalue weighted by molar-refractivity contribution is 5.30. The van der Waals surface area contributed by atoms with E-state index < -0.39 is 18.6 Å². The molecule has 1 aromatic carbocycles. The summed E-state index contributed by atoms with van der Waals surface area (Å²) < 4.78 is 54.1. The van der Waals surface area contributed by atoms with Crippen molar-refractivity contribution in [3.8, 4) is 5.75 Å². The molecule has 1 fully saturated rings. The number of aliphatic hydroxyl groups excluding tert-OH is 1. The number of hydrogen-bond donors (Lipinski definition) is 1. The normalized spacial score (nSPS) is 18.8. The molecule has 0 heterocycles. The fourth-order valence-electron chi connectivity index (χ4n) is 2.69. The average Bonchev–Trinajstić information content (AvgIpc) is 2.47. The van der Waals surface area contributed by atoms with Crippen molar-refractivity contribution in [1.82, 2.24) is 0 Å². The molecule has 0 saturated heterocycles. The van der Waals surface area contributed by atoms with Crippen molar-refractivity contribution in [1.29, 1.82) is 0 Å². The molecule has 1 aromatic rings. The predicted octanol–water partition coefficient (Wildman–Crippen LogP) is 4.54. The first-order valence-corrected chi connectivity index (χ1v) is 7.03. The van der Waals surface area contributed by atoms with E-state index in [2.05, 4.69) is 4.74 Å². The first-order chi connectivity index (χ1) is 9.90. The van der Waals surface area contributed by atoms with Crippen LogP contribution < -0.4 is 4.74 Å². The Morgan fingerprint density at radius 1 is 1.14 bits per heavy atom. The van der Waals surface area contributed by atoms with Crippen LogP contribution in [0.3, 0.4) is 0 Å². The largest absolute Gasteiger partial charge is 0.461 e. The first-order valence-electron chi connectivity index (χ1n) is 7.03. The number of hydrogen-bond acceptors (Lipinski definition) is 2. The Morgan fingerprint density at radius 3 is 2.43 bits per heavy atom. The number of aliphatic hydroxyl groups is 1. The van der Waals surface area contributed by atoms with E-state index in [9.17, 15) is 22.7 Å². The number of rotatable bonds is 5. The van der Waals surface area contributed by atoms with Crippen LogP contribution >= 0.6 is 0 Å². The van der Waals surface area contributed by atoms with Gasteiger partial charge in [0.05, 0.1) is 6.10 Å².